The van der Waals surface area contributed by atoms with Crippen molar-refractivity contribution < 1.29 is 4.74 Å². The lowest BCUT2D eigenvalue weighted by Gasteiger charge is -2.17. The molecule has 0 bridgehead atoms. The lowest BCUT2D eigenvalue weighted by Crippen LogP contribution is -2.24. The minimum Gasteiger partial charge on any atom is -0.494 e. The summed E-state index contributed by atoms with van der Waals surface area (Å²) in [7, 11) is 0. The summed E-state index contributed by atoms with van der Waals surface area (Å²) in [5.41, 5.74) is 1.23. The lowest BCUT2D eigenvalue weighted by atomic mass is 10.1. The second-order valence-electron chi connectivity index (χ2n) is 4.75. The number of benzene rings is 1. The third-order valence-corrected chi connectivity index (χ3v) is 4.02. The van der Waals surface area contributed by atoms with E-state index in [1.165, 1.54) is 18.4 Å². The van der Waals surface area contributed by atoms with Gasteiger partial charge < -0.3 is 10.1 Å². The van der Waals surface area contributed by atoms with Gasteiger partial charge in [0.15, 0.2) is 0 Å². The van der Waals surface area contributed by atoms with Gasteiger partial charge in [0.05, 0.1) is 12.6 Å². The van der Waals surface area contributed by atoms with Crippen molar-refractivity contribution in [1.82, 2.24) is 10.3 Å². The molecule has 1 aliphatic carbocycles. The maximum Gasteiger partial charge on any atom is 0.119 e. The van der Waals surface area contributed by atoms with Crippen molar-refractivity contribution in [2.75, 3.05) is 6.61 Å². The number of hydrogen-bond acceptors (Lipinski definition) is 4. The molecular formula is C15H18N2OS. The number of ether oxygens (including phenoxy) is 1. The zero-order valence-electron chi connectivity index (χ0n) is 11.0. The first kappa shape index (κ1) is 12.6. The van der Waals surface area contributed by atoms with Gasteiger partial charge >= 0.3 is 0 Å². The van der Waals surface area contributed by atoms with Crippen molar-refractivity contribution in [3.05, 3.63) is 46.4 Å². The summed E-state index contributed by atoms with van der Waals surface area (Å²) in [5, 5.41) is 6.83. The molecule has 4 heteroatoms. The van der Waals surface area contributed by atoms with Crippen LogP contribution in [0, 0.1) is 0 Å². The summed E-state index contributed by atoms with van der Waals surface area (Å²) >= 11 is 1.70. The number of nitrogens with zero attached hydrogens (tertiary/aromatic N) is 1. The van der Waals surface area contributed by atoms with Gasteiger partial charge in [-0.3, -0.25) is 0 Å². The van der Waals surface area contributed by atoms with Crippen molar-refractivity contribution in [3.8, 4) is 5.75 Å². The van der Waals surface area contributed by atoms with E-state index in [1.54, 1.807) is 11.3 Å². The maximum absolute atomic E-state index is 5.59. The zero-order chi connectivity index (χ0) is 13.1. The first-order chi connectivity index (χ1) is 9.36. The quantitative estimate of drug-likeness (QED) is 0.877. The molecule has 1 atom stereocenters. The number of aromatic nitrogens is 1. The molecule has 1 aromatic heterocycles. The number of hydrogen-bond donors (Lipinski definition) is 1. The maximum atomic E-state index is 5.59. The number of nitrogens with one attached hydrogen (secondary N) is 1. The van der Waals surface area contributed by atoms with E-state index in [-0.39, 0.29) is 6.04 Å². The molecule has 1 heterocycles. The molecule has 3 nitrogen and oxygen atoms in total. The van der Waals surface area contributed by atoms with Crippen LogP contribution in [0.5, 0.6) is 5.75 Å². The fourth-order valence-corrected chi connectivity index (χ4v) is 2.85. The first-order valence-electron chi connectivity index (χ1n) is 6.75. The molecule has 0 saturated heterocycles. The first-order valence-corrected chi connectivity index (χ1v) is 7.63. The van der Waals surface area contributed by atoms with Crippen molar-refractivity contribution in [1.29, 1.82) is 0 Å². The summed E-state index contributed by atoms with van der Waals surface area (Å²) in [6, 6.07) is 9.14. The van der Waals surface area contributed by atoms with Crippen LogP contribution in [0.2, 0.25) is 0 Å². The smallest absolute Gasteiger partial charge is 0.119 e. The van der Waals surface area contributed by atoms with Crippen LogP contribution >= 0.6 is 11.3 Å². The standard InChI is InChI=1S/C15H18N2OS/c1-2-18-13-5-3-4-11(10-13)14(17-12-6-7-12)15-16-8-9-19-15/h3-5,8-10,12,14,17H,2,6-7H2,1H3. The Kier molecular flexibility index (Phi) is 3.80. The molecule has 19 heavy (non-hydrogen) atoms. The Hall–Kier alpha value is -1.39. The van der Waals surface area contributed by atoms with Gasteiger partial charge in [0, 0.05) is 17.6 Å². The Morgan fingerprint density at radius 1 is 1.47 bits per heavy atom. The predicted molar refractivity (Wildman–Crippen MR) is 77.7 cm³/mol. The highest BCUT2D eigenvalue weighted by atomic mass is 32.1. The minimum absolute atomic E-state index is 0.188. The molecule has 1 N–H and O–H groups in total. The van der Waals surface area contributed by atoms with Crippen LogP contribution in [-0.2, 0) is 0 Å². The van der Waals surface area contributed by atoms with E-state index in [2.05, 4.69) is 28.5 Å². The molecule has 0 aliphatic heterocycles. The van der Waals surface area contributed by atoms with Gasteiger partial charge in [-0.25, -0.2) is 4.98 Å². The van der Waals surface area contributed by atoms with Crippen LogP contribution in [0.3, 0.4) is 0 Å². The SMILES string of the molecule is CCOc1cccc(C(NC2CC2)c2nccs2)c1. The highest BCUT2D eigenvalue weighted by Crippen LogP contribution is 2.31. The van der Waals surface area contributed by atoms with Crippen LogP contribution < -0.4 is 10.1 Å². The molecule has 3 rings (SSSR count). The van der Waals surface area contributed by atoms with Crippen molar-refractivity contribution in [2.24, 2.45) is 0 Å². The third-order valence-electron chi connectivity index (χ3n) is 3.18. The Morgan fingerprint density at radius 3 is 3.05 bits per heavy atom. The van der Waals surface area contributed by atoms with E-state index in [4.69, 9.17) is 4.74 Å². The molecule has 1 aliphatic rings. The average molecular weight is 274 g/mol. The third kappa shape index (κ3) is 3.14. The summed E-state index contributed by atoms with van der Waals surface area (Å²) in [5.74, 6) is 0.930. The van der Waals surface area contributed by atoms with E-state index >= 15 is 0 Å². The lowest BCUT2D eigenvalue weighted by molar-refractivity contribution is 0.339. The molecular weight excluding hydrogens is 256 g/mol. The molecule has 0 spiro atoms. The van der Waals surface area contributed by atoms with E-state index in [1.807, 2.05) is 24.6 Å². The van der Waals surface area contributed by atoms with Crippen molar-refractivity contribution in [2.45, 2.75) is 31.8 Å². The molecule has 0 radical (unpaired) electrons. The fourth-order valence-electron chi connectivity index (χ4n) is 2.12. The Labute approximate surface area is 117 Å². The summed E-state index contributed by atoms with van der Waals surface area (Å²) in [6.07, 6.45) is 4.41. The van der Waals surface area contributed by atoms with Gasteiger partial charge in [0.1, 0.15) is 10.8 Å². The van der Waals surface area contributed by atoms with Crippen molar-refractivity contribution >= 4 is 11.3 Å². The fraction of sp³-hybridized carbons (Fsp3) is 0.400. The largest absolute Gasteiger partial charge is 0.494 e. The monoisotopic (exact) mass is 274 g/mol. The molecule has 1 aromatic carbocycles. The number of rotatable bonds is 6. The van der Waals surface area contributed by atoms with Gasteiger partial charge in [-0.1, -0.05) is 12.1 Å². The molecule has 100 valence electrons. The Bertz CT molecular complexity index is 523. The van der Waals surface area contributed by atoms with E-state index in [9.17, 15) is 0 Å². The number of thiazole rings is 1. The molecule has 1 saturated carbocycles. The summed E-state index contributed by atoms with van der Waals surface area (Å²) < 4.78 is 5.59. The average Bonchev–Trinajstić information content (AvgIpc) is 3.09. The van der Waals surface area contributed by atoms with Crippen LogP contribution in [-0.4, -0.2) is 17.6 Å². The van der Waals surface area contributed by atoms with Gasteiger partial charge in [-0.15, -0.1) is 11.3 Å². The van der Waals surface area contributed by atoms with E-state index in [0.717, 1.165) is 10.8 Å². The van der Waals surface area contributed by atoms with Gasteiger partial charge in [0.2, 0.25) is 0 Å². The zero-order valence-corrected chi connectivity index (χ0v) is 11.8. The van der Waals surface area contributed by atoms with Gasteiger partial charge in [0.25, 0.3) is 0 Å². The summed E-state index contributed by atoms with van der Waals surface area (Å²) in [4.78, 5) is 4.46. The van der Waals surface area contributed by atoms with Gasteiger partial charge in [-0.2, -0.15) is 0 Å². The molecule has 2 aromatic rings. The van der Waals surface area contributed by atoms with Gasteiger partial charge in [-0.05, 0) is 37.5 Å². The van der Waals surface area contributed by atoms with Crippen LogP contribution in [0.1, 0.15) is 36.4 Å². The summed E-state index contributed by atoms with van der Waals surface area (Å²) in [6.45, 7) is 2.70. The highest BCUT2D eigenvalue weighted by Gasteiger charge is 2.27. The van der Waals surface area contributed by atoms with E-state index < -0.39 is 0 Å². The normalized spacial score (nSPS) is 16.3. The van der Waals surface area contributed by atoms with Crippen molar-refractivity contribution in [3.63, 3.8) is 0 Å². The molecule has 0 amide bonds. The van der Waals surface area contributed by atoms with Crippen LogP contribution in [0.25, 0.3) is 0 Å². The van der Waals surface area contributed by atoms with E-state index in [0.29, 0.717) is 12.6 Å². The minimum atomic E-state index is 0.188. The molecule has 1 fully saturated rings. The predicted octanol–water partition coefficient (Wildman–Crippen LogP) is 3.38. The Morgan fingerprint density at radius 2 is 2.37 bits per heavy atom. The van der Waals surface area contributed by atoms with Crippen LogP contribution in [0.15, 0.2) is 35.8 Å². The highest BCUT2D eigenvalue weighted by molar-refractivity contribution is 7.09. The van der Waals surface area contributed by atoms with Crippen LogP contribution in [0.4, 0.5) is 0 Å². The second-order valence-corrected chi connectivity index (χ2v) is 5.68. The second kappa shape index (κ2) is 5.72. The molecule has 1 unspecified atom stereocenters. The Balaban J connectivity index is 1.87. The topological polar surface area (TPSA) is 34.1 Å².